The zero-order chi connectivity index (χ0) is 14.3. The maximum Gasteiger partial charge on any atom is 0.209 e. The van der Waals surface area contributed by atoms with Gasteiger partial charge in [0.15, 0.2) is 0 Å². The first-order chi connectivity index (χ1) is 10.4. The predicted octanol–water partition coefficient (Wildman–Crippen LogP) is 1.99. The number of hydrogen-bond acceptors (Lipinski definition) is 6. The minimum Gasteiger partial charge on any atom is -0.381 e. The molecule has 0 saturated carbocycles. The van der Waals surface area contributed by atoms with E-state index in [-0.39, 0.29) is 0 Å². The van der Waals surface area contributed by atoms with Gasteiger partial charge in [-0.2, -0.15) is 0 Å². The van der Waals surface area contributed by atoms with Crippen molar-refractivity contribution >= 4 is 11.8 Å². The van der Waals surface area contributed by atoms with Crippen molar-refractivity contribution in [1.29, 1.82) is 0 Å². The van der Waals surface area contributed by atoms with E-state index in [0.717, 1.165) is 37.0 Å². The average Bonchev–Trinajstić information content (AvgIpc) is 3.02. The van der Waals surface area contributed by atoms with Gasteiger partial charge in [0.05, 0.1) is 6.04 Å². The predicted molar refractivity (Wildman–Crippen MR) is 82.5 cm³/mol. The Labute approximate surface area is 130 Å². The first kappa shape index (κ1) is 15.2. The van der Waals surface area contributed by atoms with Gasteiger partial charge in [0.2, 0.25) is 5.16 Å². The summed E-state index contributed by atoms with van der Waals surface area (Å²) < 4.78 is 7.42. The zero-order valence-corrected chi connectivity index (χ0v) is 13.4. The molecule has 0 radical (unpaired) electrons. The largest absolute Gasteiger partial charge is 0.381 e. The summed E-state index contributed by atoms with van der Waals surface area (Å²) in [5.74, 6) is 1.10. The fourth-order valence-electron chi connectivity index (χ4n) is 3.07. The molecule has 1 aromatic rings. The maximum absolute atomic E-state index is 5.41. The molecule has 2 aliphatic heterocycles. The van der Waals surface area contributed by atoms with E-state index in [1.54, 1.807) is 11.8 Å². The van der Waals surface area contributed by atoms with Crippen molar-refractivity contribution in [2.75, 3.05) is 38.6 Å². The summed E-state index contributed by atoms with van der Waals surface area (Å²) >= 11 is 1.80. The van der Waals surface area contributed by atoms with Crippen LogP contribution in [0.2, 0.25) is 0 Å². The van der Waals surface area contributed by atoms with Crippen LogP contribution in [0.3, 0.4) is 0 Å². The van der Waals surface area contributed by atoms with Gasteiger partial charge < -0.3 is 9.64 Å². The lowest BCUT2D eigenvalue weighted by molar-refractivity contribution is 0.0631. The lowest BCUT2D eigenvalue weighted by atomic mass is 10.1. The van der Waals surface area contributed by atoms with Crippen LogP contribution < -0.4 is 0 Å². The number of tetrazole rings is 1. The molecular weight excluding hydrogens is 286 g/mol. The van der Waals surface area contributed by atoms with Gasteiger partial charge in [-0.15, -0.1) is 5.10 Å². The highest BCUT2D eigenvalue weighted by Crippen LogP contribution is 2.25. The van der Waals surface area contributed by atoms with E-state index in [2.05, 4.69) is 20.4 Å². The van der Waals surface area contributed by atoms with E-state index in [0.29, 0.717) is 6.04 Å². The third-order valence-corrected chi connectivity index (χ3v) is 5.32. The molecular formula is C14H25N5OS. The molecule has 0 bridgehead atoms. The lowest BCUT2D eigenvalue weighted by Gasteiger charge is -2.26. The van der Waals surface area contributed by atoms with E-state index in [4.69, 9.17) is 4.74 Å². The summed E-state index contributed by atoms with van der Waals surface area (Å²) in [4.78, 5) is 2.59. The normalized spacial score (nSPS) is 21.7. The van der Waals surface area contributed by atoms with Crippen LogP contribution in [0.1, 0.15) is 44.6 Å². The van der Waals surface area contributed by atoms with Crippen molar-refractivity contribution < 1.29 is 4.74 Å². The molecule has 0 N–H and O–H groups in total. The molecule has 3 rings (SSSR count). The third-order valence-electron chi connectivity index (χ3n) is 4.30. The number of nitrogens with zero attached hydrogens (tertiary/aromatic N) is 5. The van der Waals surface area contributed by atoms with Crippen LogP contribution in [0, 0.1) is 0 Å². The standard InChI is InChI=1S/C14H25N5OS/c1-2-7-18(8-3-1)9-4-12-21-14-15-16-17-19(14)13-5-10-20-11-6-13/h13H,1-12H2. The van der Waals surface area contributed by atoms with E-state index < -0.39 is 0 Å². The summed E-state index contributed by atoms with van der Waals surface area (Å²) in [6.07, 6.45) is 7.40. The second kappa shape index (κ2) is 8.10. The molecule has 0 aromatic carbocycles. The Morgan fingerprint density at radius 1 is 1.14 bits per heavy atom. The summed E-state index contributed by atoms with van der Waals surface area (Å²) in [5.41, 5.74) is 0. The topological polar surface area (TPSA) is 56.1 Å². The van der Waals surface area contributed by atoms with Crippen LogP contribution in [0.25, 0.3) is 0 Å². The third kappa shape index (κ3) is 4.40. The summed E-state index contributed by atoms with van der Waals surface area (Å²) in [7, 11) is 0. The minimum absolute atomic E-state index is 0.415. The van der Waals surface area contributed by atoms with Crippen molar-refractivity contribution in [1.82, 2.24) is 25.1 Å². The molecule has 2 saturated heterocycles. The molecule has 7 heteroatoms. The molecule has 118 valence electrons. The van der Waals surface area contributed by atoms with Gasteiger partial charge in [0, 0.05) is 19.0 Å². The highest BCUT2D eigenvalue weighted by molar-refractivity contribution is 7.99. The van der Waals surface area contributed by atoms with Crippen molar-refractivity contribution in [2.45, 2.75) is 49.7 Å². The fourth-order valence-corrected chi connectivity index (χ4v) is 3.94. The Kier molecular flexibility index (Phi) is 5.88. The molecule has 3 heterocycles. The maximum atomic E-state index is 5.41. The Bertz CT molecular complexity index is 415. The molecule has 21 heavy (non-hydrogen) atoms. The van der Waals surface area contributed by atoms with Crippen LogP contribution >= 0.6 is 11.8 Å². The minimum atomic E-state index is 0.415. The molecule has 2 fully saturated rings. The second-order valence-electron chi connectivity index (χ2n) is 5.85. The van der Waals surface area contributed by atoms with Crippen LogP contribution in [0.15, 0.2) is 5.16 Å². The van der Waals surface area contributed by atoms with E-state index >= 15 is 0 Å². The van der Waals surface area contributed by atoms with Gasteiger partial charge in [-0.3, -0.25) is 0 Å². The summed E-state index contributed by atoms with van der Waals surface area (Å²) in [6.45, 7) is 5.42. The number of rotatable bonds is 6. The van der Waals surface area contributed by atoms with Crippen molar-refractivity contribution in [3.63, 3.8) is 0 Å². The number of hydrogen-bond donors (Lipinski definition) is 0. The molecule has 0 spiro atoms. The second-order valence-corrected chi connectivity index (χ2v) is 6.92. The molecule has 0 atom stereocenters. The van der Waals surface area contributed by atoms with Crippen LogP contribution in [0.4, 0.5) is 0 Å². The Hall–Kier alpha value is -0.660. The fraction of sp³-hybridized carbons (Fsp3) is 0.929. The van der Waals surface area contributed by atoms with E-state index in [9.17, 15) is 0 Å². The highest BCUT2D eigenvalue weighted by Gasteiger charge is 2.20. The van der Waals surface area contributed by atoms with Gasteiger partial charge >= 0.3 is 0 Å². The van der Waals surface area contributed by atoms with Gasteiger partial charge in [-0.1, -0.05) is 18.2 Å². The summed E-state index contributed by atoms with van der Waals surface area (Å²) in [6, 6.07) is 0.415. The molecule has 6 nitrogen and oxygen atoms in total. The SMILES string of the molecule is C1CCN(CCCSc2nnnn2C2CCOCC2)CC1. The number of piperidine rings is 1. The first-order valence-corrected chi connectivity index (χ1v) is 9.13. The van der Waals surface area contributed by atoms with Crippen molar-refractivity contribution in [3.8, 4) is 0 Å². The van der Waals surface area contributed by atoms with Gasteiger partial charge in [-0.25, -0.2) is 4.68 Å². The molecule has 2 aliphatic rings. The van der Waals surface area contributed by atoms with Crippen LogP contribution in [-0.2, 0) is 4.74 Å². The number of ether oxygens (including phenoxy) is 1. The lowest BCUT2D eigenvalue weighted by Crippen LogP contribution is -2.30. The number of thioether (sulfide) groups is 1. The van der Waals surface area contributed by atoms with Gasteiger partial charge in [0.25, 0.3) is 0 Å². The average molecular weight is 311 g/mol. The Balaban J connectivity index is 1.41. The number of likely N-dealkylation sites (tertiary alicyclic amines) is 1. The molecule has 0 amide bonds. The molecule has 0 aliphatic carbocycles. The first-order valence-electron chi connectivity index (χ1n) is 8.14. The number of aromatic nitrogens is 4. The van der Waals surface area contributed by atoms with Gasteiger partial charge in [0.1, 0.15) is 0 Å². The molecule has 0 unspecified atom stereocenters. The zero-order valence-electron chi connectivity index (χ0n) is 12.6. The van der Waals surface area contributed by atoms with Crippen molar-refractivity contribution in [2.24, 2.45) is 0 Å². The Morgan fingerprint density at radius 2 is 1.95 bits per heavy atom. The summed E-state index contributed by atoms with van der Waals surface area (Å²) in [5, 5.41) is 13.2. The van der Waals surface area contributed by atoms with Crippen LogP contribution in [0.5, 0.6) is 0 Å². The monoisotopic (exact) mass is 311 g/mol. The smallest absolute Gasteiger partial charge is 0.209 e. The van der Waals surface area contributed by atoms with Crippen molar-refractivity contribution in [3.05, 3.63) is 0 Å². The quantitative estimate of drug-likeness (QED) is 0.591. The van der Waals surface area contributed by atoms with E-state index in [1.807, 2.05) is 4.68 Å². The Morgan fingerprint density at radius 3 is 2.76 bits per heavy atom. The van der Waals surface area contributed by atoms with Crippen LogP contribution in [-0.4, -0.2) is 63.7 Å². The molecule has 1 aromatic heterocycles. The highest BCUT2D eigenvalue weighted by atomic mass is 32.2. The van der Waals surface area contributed by atoms with E-state index in [1.165, 1.54) is 45.3 Å². The van der Waals surface area contributed by atoms with Gasteiger partial charge in [-0.05, 0) is 62.2 Å².